The summed E-state index contributed by atoms with van der Waals surface area (Å²) in [6, 6.07) is 2.01. The third-order valence-corrected chi connectivity index (χ3v) is 4.05. The maximum absolute atomic E-state index is 11.9. The van der Waals surface area contributed by atoms with Crippen LogP contribution in [-0.2, 0) is 17.8 Å². The first kappa shape index (κ1) is 19.5. The summed E-state index contributed by atoms with van der Waals surface area (Å²) in [5, 5.41) is 10.7. The van der Waals surface area contributed by atoms with Gasteiger partial charge in [-0.3, -0.25) is 4.68 Å². The van der Waals surface area contributed by atoms with E-state index in [4.69, 9.17) is 4.74 Å². The minimum absolute atomic E-state index is 0.236. The number of aryl methyl sites for hydroxylation is 1. The predicted octanol–water partition coefficient (Wildman–Crippen LogP) is 2.93. The van der Waals surface area contributed by atoms with E-state index >= 15 is 0 Å². The van der Waals surface area contributed by atoms with Gasteiger partial charge in [-0.2, -0.15) is 5.10 Å². The molecule has 6 nitrogen and oxygen atoms in total. The van der Waals surface area contributed by atoms with E-state index in [1.807, 2.05) is 37.7 Å². The number of nitrogens with one attached hydrogen (secondary N) is 2. The van der Waals surface area contributed by atoms with Crippen LogP contribution in [0.5, 0.6) is 0 Å². The van der Waals surface area contributed by atoms with Crippen molar-refractivity contribution in [3.05, 3.63) is 18.0 Å². The highest BCUT2D eigenvalue weighted by molar-refractivity contribution is 5.67. The minimum atomic E-state index is -0.487. The number of alkyl carbamates (subject to hydrolysis) is 1. The Morgan fingerprint density at radius 2 is 2.00 bits per heavy atom. The molecule has 1 unspecified atom stereocenters. The molecule has 0 saturated carbocycles. The van der Waals surface area contributed by atoms with Gasteiger partial charge < -0.3 is 15.4 Å². The highest BCUT2D eigenvalue weighted by atomic mass is 16.6. The van der Waals surface area contributed by atoms with Crippen LogP contribution in [0.1, 0.15) is 54.2 Å². The molecule has 0 spiro atoms. The first-order valence-corrected chi connectivity index (χ1v) is 8.30. The van der Waals surface area contributed by atoms with Crippen LogP contribution in [0.25, 0.3) is 0 Å². The Kier molecular flexibility index (Phi) is 6.62. The molecule has 1 atom stereocenters. The first-order valence-electron chi connectivity index (χ1n) is 8.30. The molecule has 6 heteroatoms. The molecular formula is C17H32N4O2. The molecule has 1 aromatic rings. The van der Waals surface area contributed by atoms with Gasteiger partial charge in [-0.05, 0) is 46.6 Å². The SMILES string of the molecule is CCn1nccc1CNC(C)(CNC(=O)OC(C)(C)C)C(C)C. The Bertz CT molecular complexity index is 505. The Morgan fingerprint density at radius 1 is 1.35 bits per heavy atom. The zero-order chi connectivity index (χ0) is 17.7. The van der Waals surface area contributed by atoms with Crippen molar-refractivity contribution in [2.24, 2.45) is 5.92 Å². The number of aromatic nitrogens is 2. The van der Waals surface area contributed by atoms with Crippen LogP contribution >= 0.6 is 0 Å². The summed E-state index contributed by atoms with van der Waals surface area (Å²) in [5.41, 5.74) is 0.413. The Balaban J connectivity index is 2.63. The fourth-order valence-corrected chi connectivity index (χ4v) is 2.13. The van der Waals surface area contributed by atoms with E-state index in [9.17, 15) is 4.79 Å². The number of nitrogens with zero attached hydrogens (tertiary/aromatic N) is 2. The van der Waals surface area contributed by atoms with Gasteiger partial charge in [0.05, 0.1) is 5.69 Å². The predicted molar refractivity (Wildman–Crippen MR) is 92.2 cm³/mol. The summed E-state index contributed by atoms with van der Waals surface area (Å²) in [5.74, 6) is 0.343. The lowest BCUT2D eigenvalue weighted by molar-refractivity contribution is 0.0503. The molecule has 0 saturated heterocycles. The van der Waals surface area contributed by atoms with Gasteiger partial charge in [-0.15, -0.1) is 0 Å². The van der Waals surface area contributed by atoms with E-state index in [-0.39, 0.29) is 11.6 Å². The maximum atomic E-state index is 11.9. The van der Waals surface area contributed by atoms with Crippen LogP contribution in [0.3, 0.4) is 0 Å². The Labute approximate surface area is 140 Å². The van der Waals surface area contributed by atoms with Gasteiger partial charge >= 0.3 is 6.09 Å². The number of carbonyl (C=O) groups is 1. The minimum Gasteiger partial charge on any atom is -0.444 e. The second kappa shape index (κ2) is 7.81. The highest BCUT2D eigenvalue weighted by Crippen LogP contribution is 2.17. The third-order valence-electron chi connectivity index (χ3n) is 4.05. The molecule has 0 fully saturated rings. The molecule has 1 rings (SSSR count). The molecule has 0 aliphatic rings. The molecule has 132 valence electrons. The van der Waals surface area contributed by atoms with Gasteiger partial charge in [0.2, 0.25) is 0 Å². The Morgan fingerprint density at radius 3 is 2.52 bits per heavy atom. The van der Waals surface area contributed by atoms with E-state index < -0.39 is 5.60 Å². The van der Waals surface area contributed by atoms with Crippen molar-refractivity contribution in [1.82, 2.24) is 20.4 Å². The number of rotatable bonds is 7. The molecule has 0 radical (unpaired) electrons. The zero-order valence-corrected chi connectivity index (χ0v) is 15.6. The summed E-state index contributed by atoms with van der Waals surface area (Å²) in [4.78, 5) is 11.9. The quantitative estimate of drug-likeness (QED) is 0.809. The molecule has 0 aliphatic heterocycles. The lowest BCUT2D eigenvalue weighted by Gasteiger charge is -2.35. The smallest absolute Gasteiger partial charge is 0.407 e. The fourth-order valence-electron chi connectivity index (χ4n) is 2.13. The molecule has 23 heavy (non-hydrogen) atoms. The van der Waals surface area contributed by atoms with Gasteiger partial charge in [-0.1, -0.05) is 13.8 Å². The monoisotopic (exact) mass is 324 g/mol. The van der Waals surface area contributed by atoms with Crippen molar-refractivity contribution in [3.8, 4) is 0 Å². The second-order valence-corrected chi connectivity index (χ2v) is 7.42. The van der Waals surface area contributed by atoms with Crippen LogP contribution in [0.2, 0.25) is 0 Å². The normalized spacial score (nSPS) is 14.6. The van der Waals surface area contributed by atoms with E-state index in [0.717, 1.165) is 12.2 Å². The van der Waals surface area contributed by atoms with Gasteiger partial charge in [0.25, 0.3) is 0 Å². The molecule has 0 aliphatic carbocycles. The largest absolute Gasteiger partial charge is 0.444 e. The van der Waals surface area contributed by atoms with E-state index in [0.29, 0.717) is 19.0 Å². The number of ether oxygens (including phenoxy) is 1. The average Bonchev–Trinajstić information content (AvgIpc) is 2.88. The standard InChI is InChI=1S/C17H32N4O2/c1-8-21-14(9-10-20-21)11-19-17(7,13(2)3)12-18-15(22)23-16(4,5)6/h9-10,13,19H,8,11-12H2,1-7H3,(H,18,22). The summed E-state index contributed by atoms with van der Waals surface area (Å²) in [6.45, 7) is 16.1. The molecule has 0 bridgehead atoms. The van der Waals surface area contributed by atoms with Crippen molar-refractivity contribution >= 4 is 6.09 Å². The van der Waals surface area contributed by atoms with Crippen molar-refractivity contribution in [2.45, 2.75) is 72.7 Å². The summed E-state index contributed by atoms with van der Waals surface area (Å²) < 4.78 is 7.28. The highest BCUT2D eigenvalue weighted by Gasteiger charge is 2.29. The van der Waals surface area contributed by atoms with E-state index in [1.165, 1.54) is 0 Å². The van der Waals surface area contributed by atoms with Crippen LogP contribution in [-0.4, -0.2) is 33.6 Å². The molecular weight excluding hydrogens is 292 g/mol. The second-order valence-electron chi connectivity index (χ2n) is 7.42. The molecule has 1 heterocycles. The van der Waals surface area contributed by atoms with Crippen molar-refractivity contribution in [2.75, 3.05) is 6.54 Å². The number of hydrogen-bond acceptors (Lipinski definition) is 4. The molecule has 1 amide bonds. The zero-order valence-electron chi connectivity index (χ0n) is 15.6. The Hall–Kier alpha value is -1.56. The fraction of sp³-hybridized carbons (Fsp3) is 0.765. The van der Waals surface area contributed by atoms with Crippen molar-refractivity contribution < 1.29 is 9.53 Å². The summed E-state index contributed by atoms with van der Waals surface area (Å²) in [7, 11) is 0. The molecule has 0 aromatic carbocycles. The topological polar surface area (TPSA) is 68.2 Å². The van der Waals surface area contributed by atoms with Crippen LogP contribution in [0.4, 0.5) is 4.79 Å². The van der Waals surface area contributed by atoms with Crippen LogP contribution in [0.15, 0.2) is 12.3 Å². The maximum Gasteiger partial charge on any atom is 0.407 e. The van der Waals surface area contributed by atoms with E-state index in [1.54, 1.807) is 0 Å². The number of hydrogen-bond donors (Lipinski definition) is 2. The van der Waals surface area contributed by atoms with E-state index in [2.05, 4.69) is 43.4 Å². The van der Waals surface area contributed by atoms with Crippen LogP contribution in [0, 0.1) is 5.92 Å². The number of amides is 1. The van der Waals surface area contributed by atoms with Gasteiger partial charge in [0.15, 0.2) is 0 Å². The number of carbonyl (C=O) groups excluding carboxylic acids is 1. The van der Waals surface area contributed by atoms with Gasteiger partial charge in [0, 0.05) is 31.4 Å². The average molecular weight is 324 g/mol. The lowest BCUT2D eigenvalue weighted by Crippen LogP contribution is -2.55. The van der Waals surface area contributed by atoms with Crippen molar-refractivity contribution in [3.63, 3.8) is 0 Å². The lowest BCUT2D eigenvalue weighted by atomic mass is 9.88. The van der Waals surface area contributed by atoms with Crippen LogP contribution < -0.4 is 10.6 Å². The third kappa shape index (κ3) is 6.22. The van der Waals surface area contributed by atoms with Crippen molar-refractivity contribution in [1.29, 1.82) is 0 Å². The molecule has 1 aromatic heterocycles. The summed E-state index contributed by atoms with van der Waals surface area (Å²) in [6.07, 6.45) is 1.43. The van der Waals surface area contributed by atoms with Gasteiger partial charge in [0.1, 0.15) is 5.60 Å². The van der Waals surface area contributed by atoms with Gasteiger partial charge in [-0.25, -0.2) is 4.79 Å². The first-order chi connectivity index (χ1) is 10.6. The molecule has 2 N–H and O–H groups in total. The summed E-state index contributed by atoms with van der Waals surface area (Å²) >= 11 is 0.